The third kappa shape index (κ3) is 4.71. The molecule has 2 N–H and O–H groups in total. The summed E-state index contributed by atoms with van der Waals surface area (Å²) in [6.45, 7) is -0.151. The van der Waals surface area contributed by atoms with Crippen molar-refractivity contribution in [1.82, 2.24) is 15.3 Å². The Hall–Kier alpha value is -2.84. The summed E-state index contributed by atoms with van der Waals surface area (Å²) in [5.74, 6) is -0.555. The van der Waals surface area contributed by atoms with Crippen LogP contribution in [0.25, 0.3) is 11.3 Å². The number of aliphatic hydroxyl groups excluding tert-OH is 1. The van der Waals surface area contributed by atoms with Crippen molar-refractivity contribution in [2.24, 2.45) is 0 Å². The zero-order valence-corrected chi connectivity index (χ0v) is 14.6. The van der Waals surface area contributed by atoms with Crippen molar-refractivity contribution in [3.63, 3.8) is 0 Å². The van der Waals surface area contributed by atoms with Gasteiger partial charge in [-0.25, -0.2) is 9.37 Å². The van der Waals surface area contributed by atoms with Gasteiger partial charge in [0.1, 0.15) is 11.5 Å². The minimum absolute atomic E-state index is 0.0356. The smallest absolute Gasteiger partial charge is 0.394 e. The molecule has 0 aliphatic rings. The van der Waals surface area contributed by atoms with Crippen LogP contribution in [0.1, 0.15) is 23.0 Å². The summed E-state index contributed by atoms with van der Waals surface area (Å²) in [4.78, 5) is 7.59. The second-order valence-corrected chi connectivity index (χ2v) is 6.08. The molecule has 8 heteroatoms. The van der Waals surface area contributed by atoms with E-state index in [1.54, 1.807) is 0 Å². The average molecular weight is 391 g/mol. The Kier molecular flexibility index (Phi) is 6.01. The highest BCUT2D eigenvalue weighted by Gasteiger charge is 2.32. The van der Waals surface area contributed by atoms with E-state index >= 15 is 0 Å². The zero-order chi connectivity index (χ0) is 20.1. The van der Waals surface area contributed by atoms with E-state index in [0.29, 0.717) is 11.3 Å². The van der Waals surface area contributed by atoms with Crippen LogP contribution in [0.15, 0.2) is 60.8 Å². The molecule has 0 amide bonds. The van der Waals surface area contributed by atoms with E-state index in [0.717, 1.165) is 17.8 Å². The number of alkyl halides is 3. The molecule has 1 atom stereocenters. The summed E-state index contributed by atoms with van der Waals surface area (Å²) >= 11 is 0. The quantitative estimate of drug-likeness (QED) is 0.621. The predicted molar refractivity (Wildman–Crippen MR) is 95.5 cm³/mol. The molecular weight excluding hydrogens is 374 g/mol. The lowest BCUT2D eigenvalue weighted by atomic mass is 10.1. The number of pyridine rings is 2. The molecule has 0 bridgehead atoms. The van der Waals surface area contributed by atoms with E-state index in [1.165, 1.54) is 18.2 Å². The molecule has 2 heterocycles. The monoisotopic (exact) mass is 391 g/mol. The van der Waals surface area contributed by atoms with Gasteiger partial charge in [0.2, 0.25) is 0 Å². The van der Waals surface area contributed by atoms with Gasteiger partial charge in [-0.15, -0.1) is 0 Å². The van der Waals surface area contributed by atoms with Crippen LogP contribution in [-0.2, 0) is 12.7 Å². The molecule has 3 rings (SSSR count). The van der Waals surface area contributed by atoms with Crippen molar-refractivity contribution in [3.05, 3.63) is 83.6 Å². The van der Waals surface area contributed by atoms with Crippen molar-refractivity contribution in [2.75, 3.05) is 6.61 Å². The van der Waals surface area contributed by atoms with Crippen LogP contribution in [-0.4, -0.2) is 21.7 Å². The van der Waals surface area contributed by atoms with Crippen molar-refractivity contribution >= 4 is 0 Å². The SMILES string of the molecule is OC[C@H](NCc1nc(-c2ccc(C(F)(F)F)nc2)ccc1F)c1ccccc1. The maximum absolute atomic E-state index is 14.1. The van der Waals surface area contributed by atoms with Gasteiger partial charge in [0.05, 0.1) is 24.0 Å². The Morgan fingerprint density at radius 3 is 2.36 bits per heavy atom. The van der Waals surface area contributed by atoms with Gasteiger partial charge in [0, 0.05) is 18.3 Å². The Morgan fingerprint density at radius 1 is 1.00 bits per heavy atom. The first-order valence-electron chi connectivity index (χ1n) is 8.46. The minimum Gasteiger partial charge on any atom is -0.394 e. The second-order valence-electron chi connectivity index (χ2n) is 6.08. The van der Waals surface area contributed by atoms with E-state index in [2.05, 4.69) is 15.3 Å². The summed E-state index contributed by atoms with van der Waals surface area (Å²) in [7, 11) is 0. The fourth-order valence-electron chi connectivity index (χ4n) is 2.68. The van der Waals surface area contributed by atoms with Gasteiger partial charge in [0.25, 0.3) is 0 Å². The Bertz CT molecular complexity index is 915. The van der Waals surface area contributed by atoms with Crippen LogP contribution in [0, 0.1) is 5.82 Å². The third-order valence-corrected chi connectivity index (χ3v) is 4.17. The van der Waals surface area contributed by atoms with Crippen molar-refractivity contribution in [3.8, 4) is 11.3 Å². The fraction of sp³-hybridized carbons (Fsp3) is 0.200. The number of aromatic nitrogens is 2. The number of hydrogen-bond acceptors (Lipinski definition) is 4. The van der Waals surface area contributed by atoms with E-state index in [9.17, 15) is 22.7 Å². The number of nitrogens with one attached hydrogen (secondary N) is 1. The number of aliphatic hydroxyl groups is 1. The van der Waals surface area contributed by atoms with Gasteiger partial charge in [0.15, 0.2) is 0 Å². The highest BCUT2D eigenvalue weighted by Crippen LogP contribution is 2.28. The molecule has 0 spiro atoms. The maximum atomic E-state index is 14.1. The second kappa shape index (κ2) is 8.45. The van der Waals surface area contributed by atoms with Gasteiger partial charge >= 0.3 is 6.18 Å². The van der Waals surface area contributed by atoms with Gasteiger partial charge in [-0.2, -0.15) is 13.2 Å². The van der Waals surface area contributed by atoms with Gasteiger partial charge in [-0.3, -0.25) is 4.98 Å². The fourth-order valence-corrected chi connectivity index (χ4v) is 2.68. The largest absolute Gasteiger partial charge is 0.433 e. The topological polar surface area (TPSA) is 58.0 Å². The van der Waals surface area contributed by atoms with Crippen molar-refractivity contribution in [2.45, 2.75) is 18.8 Å². The van der Waals surface area contributed by atoms with Crippen LogP contribution >= 0.6 is 0 Å². The molecule has 1 aromatic carbocycles. The van der Waals surface area contributed by atoms with Crippen molar-refractivity contribution < 1.29 is 22.7 Å². The highest BCUT2D eigenvalue weighted by molar-refractivity contribution is 5.58. The first kappa shape index (κ1) is 19.9. The first-order valence-corrected chi connectivity index (χ1v) is 8.46. The average Bonchev–Trinajstić information content (AvgIpc) is 2.70. The number of nitrogens with zero attached hydrogens (tertiary/aromatic N) is 2. The third-order valence-electron chi connectivity index (χ3n) is 4.17. The minimum atomic E-state index is -4.53. The van der Waals surface area contributed by atoms with Gasteiger partial charge < -0.3 is 10.4 Å². The number of rotatable bonds is 6. The number of benzene rings is 1. The Balaban J connectivity index is 1.78. The number of halogens is 4. The maximum Gasteiger partial charge on any atom is 0.433 e. The molecular formula is C20H17F4N3O. The molecule has 0 saturated heterocycles. The molecule has 0 saturated carbocycles. The van der Waals surface area contributed by atoms with Gasteiger partial charge in [-0.1, -0.05) is 30.3 Å². The lowest BCUT2D eigenvalue weighted by molar-refractivity contribution is -0.141. The summed E-state index contributed by atoms with van der Waals surface area (Å²) in [6.07, 6.45) is -3.47. The lowest BCUT2D eigenvalue weighted by Gasteiger charge is -2.17. The normalized spacial score (nSPS) is 12.8. The summed E-state index contributed by atoms with van der Waals surface area (Å²) in [6, 6.07) is 13.5. The molecule has 0 radical (unpaired) electrons. The lowest BCUT2D eigenvalue weighted by Crippen LogP contribution is -2.25. The summed E-state index contributed by atoms with van der Waals surface area (Å²) in [5, 5.41) is 12.6. The zero-order valence-electron chi connectivity index (χ0n) is 14.6. The van der Waals surface area contributed by atoms with Crippen LogP contribution in [0.3, 0.4) is 0 Å². The molecule has 2 aromatic heterocycles. The van der Waals surface area contributed by atoms with Crippen LogP contribution in [0.5, 0.6) is 0 Å². The van der Waals surface area contributed by atoms with E-state index in [-0.39, 0.29) is 18.8 Å². The van der Waals surface area contributed by atoms with Crippen LogP contribution < -0.4 is 5.32 Å². The molecule has 0 unspecified atom stereocenters. The first-order chi connectivity index (χ1) is 13.4. The van der Waals surface area contributed by atoms with Crippen LogP contribution in [0.2, 0.25) is 0 Å². The van der Waals surface area contributed by atoms with Gasteiger partial charge in [-0.05, 0) is 29.8 Å². The number of hydrogen-bond donors (Lipinski definition) is 2. The standard InChI is InChI=1S/C20H17F4N3O/c21-15-7-8-16(14-6-9-19(26-10-14)20(22,23)24)27-17(15)11-25-18(12-28)13-4-2-1-3-5-13/h1-10,18,25,28H,11-12H2/t18-/m0/s1. The molecule has 4 nitrogen and oxygen atoms in total. The van der Waals surface area contributed by atoms with E-state index in [4.69, 9.17) is 0 Å². The van der Waals surface area contributed by atoms with E-state index < -0.39 is 23.7 Å². The van der Waals surface area contributed by atoms with Crippen molar-refractivity contribution in [1.29, 1.82) is 0 Å². The predicted octanol–water partition coefficient (Wildman–Crippen LogP) is 4.12. The molecule has 3 aromatic rings. The molecule has 28 heavy (non-hydrogen) atoms. The highest BCUT2D eigenvalue weighted by atomic mass is 19.4. The summed E-state index contributed by atoms with van der Waals surface area (Å²) < 4.78 is 52.0. The summed E-state index contributed by atoms with van der Waals surface area (Å²) in [5.41, 5.74) is 0.574. The molecule has 0 aliphatic heterocycles. The molecule has 0 fully saturated rings. The molecule has 146 valence electrons. The Labute approximate surface area is 158 Å². The van der Waals surface area contributed by atoms with Crippen LogP contribution in [0.4, 0.5) is 17.6 Å². The molecule has 0 aliphatic carbocycles. The Morgan fingerprint density at radius 2 is 1.75 bits per heavy atom. The van der Waals surface area contributed by atoms with E-state index in [1.807, 2.05) is 30.3 Å².